The Labute approximate surface area is 102 Å². The fourth-order valence-corrected chi connectivity index (χ4v) is 2.13. The smallest absolute Gasteiger partial charge is 0.242 e. The molecule has 0 radical (unpaired) electrons. The average Bonchev–Trinajstić information content (AvgIpc) is 2.29. The zero-order chi connectivity index (χ0) is 12.3. The van der Waals surface area contributed by atoms with E-state index in [-0.39, 0.29) is 11.9 Å². The third-order valence-corrected chi connectivity index (χ3v) is 3.12. The average molecular weight is 233 g/mol. The molecule has 2 heterocycles. The summed E-state index contributed by atoms with van der Waals surface area (Å²) in [6, 6.07) is 5.55. The molecule has 4 nitrogen and oxygen atoms in total. The fraction of sp³-hybridized carbons (Fsp3) is 0.538. The summed E-state index contributed by atoms with van der Waals surface area (Å²) in [6.07, 6.45) is 2.05. The van der Waals surface area contributed by atoms with Crippen molar-refractivity contribution in [1.29, 1.82) is 0 Å². The highest BCUT2D eigenvalue weighted by atomic mass is 16.2. The van der Waals surface area contributed by atoms with Gasteiger partial charge >= 0.3 is 0 Å². The van der Waals surface area contributed by atoms with E-state index < -0.39 is 0 Å². The summed E-state index contributed by atoms with van der Waals surface area (Å²) in [5, 5.41) is 6.10. The third kappa shape index (κ3) is 3.27. The van der Waals surface area contributed by atoms with Crippen LogP contribution in [0, 0.1) is 12.8 Å². The molecule has 2 atom stereocenters. The molecule has 1 aliphatic heterocycles. The van der Waals surface area contributed by atoms with Crippen molar-refractivity contribution in [2.75, 3.05) is 11.9 Å². The molecular weight excluding hydrogens is 214 g/mol. The van der Waals surface area contributed by atoms with Crippen LogP contribution in [0.3, 0.4) is 0 Å². The van der Waals surface area contributed by atoms with Crippen LogP contribution in [-0.4, -0.2) is 23.5 Å². The highest BCUT2D eigenvalue weighted by Gasteiger charge is 2.24. The first-order valence-electron chi connectivity index (χ1n) is 6.13. The highest BCUT2D eigenvalue weighted by Crippen LogP contribution is 2.16. The van der Waals surface area contributed by atoms with Crippen molar-refractivity contribution in [1.82, 2.24) is 10.3 Å². The third-order valence-electron chi connectivity index (χ3n) is 3.12. The van der Waals surface area contributed by atoms with Gasteiger partial charge in [0.2, 0.25) is 5.91 Å². The van der Waals surface area contributed by atoms with Crippen LogP contribution in [0.25, 0.3) is 0 Å². The monoisotopic (exact) mass is 233 g/mol. The number of nitrogens with one attached hydrogen (secondary N) is 2. The molecule has 1 aliphatic rings. The van der Waals surface area contributed by atoms with E-state index in [4.69, 9.17) is 0 Å². The Bertz CT molecular complexity index is 405. The lowest BCUT2D eigenvalue weighted by Gasteiger charge is -2.27. The van der Waals surface area contributed by atoms with Gasteiger partial charge in [-0.2, -0.15) is 0 Å². The standard InChI is InChI=1S/C13H19N3O/c1-9-6-7-14-11(8-9)13(17)16-12-5-3-4-10(2)15-12/h3-5,9,11,14H,6-8H2,1-2H3,(H,15,16,17). The molecule has 1 fully saturated rings. The highest BCUT2D eigenvalue weighted by molar-refractivity contribution is 5.94. The Balaban J connectivity index is 1.96. The van der Waals surface area contributed by atoms with Gasteiger partial charge in [-0.25, -0.2) is 4.98 Å². The van der Waals surface area contributed by atoms with Gasteiger partial charge in [-0.15, -0.1) is 0 Å². The van der Waals surface area contributed by atoms with E-state index in [1.165, 1.54) is 0 Å². The Hall–Kier alpha value is -1.42. The van der Waals surface area contributed by atoms with E-state index in [1.54, 1.807) is 0 Å². The molecule has 0 aromatic carbocycles. The number of nitrogens with zero attached hydrogens (tertiary/aromatic N) is 1. The minimum atomic E-state index is -0.0823. The summed E-state index contributed by atoms with van der Waals surface area (Å²) in [6.45, 7) is 5.02. The Morgan fingerprint density at radius 1 is 1.53 bits per heavy atom. The minimum absolute atomic E-state index is 0.0228. The second-order valence-electron chi connectivity index (χ2n) is 4.79. The van der Waals surface area contributed by atoms with Gasteiger partial charge in [-0.05, 0) is 44.4 Å². The zero-order valence-corrected chi connectivity index (χ0v) is 10.4. The molecule has 2 rings (SSSR count). The molecule has 2 unspecified atom stereocenters. The van der Waals surface area contributed by atoms with Crippen LogP contribution in [0.5, 0.6) is 0 Å². The number of hydrogen-bond donors (Lipinski definition) is 2. The van der Waals surface area contributed by atoms with Crippen molar-refractivity contribution in [3.8, 4) is 0 Å². The fourth-order valence-electron chi connectivity index (χ4n) is 2.13. The van der Waals surface area contributed by atoms with Crippen LogP contribution in [0.4, 0.5) is 5.82 Å². The van der Waals surface area contributed by atoms with Crippen LogP contribution >= 0.6 is 0 Å². The summed E-state index contributed by atoms with van der Waals surface area (Å²) in [4.78, 5) is 16.3. The lowest BCUT2D eigenvalue weighted by molar-refractivity contribution is -0.119. The molecule has 0 saturated carbocycles. The van der Waals surface area contributed by atoms with Crippen molar-refractivity contribution >= 4 is 11.7 Å². The number of piperidine rings is 1. The number of aryl methyl sites for hydroxylation is 1. The van der Waals surface area contributed by atoms with E-state index in [0.29, 0.717) is 11.7 Å². The van der Waals surface area contributed by atoms with Gasteiger partial charge in [0.1, 0.15) is 5.82 Å². The molecule has 1 aromatic heterocycles. The molecular formula is C13H19N3O. The van der Waals surface area contributed by atoms with E-state index >= 15 is 0 Å². The summed E-state index contributed by atoms with van der Waals surface area (Å²) in [5.74, 6) is 1.27. The number of aromatic nitrogens is 1. The number of amides is 1. The molecule has 0 bridgehead atoms. The van der Waals surface area contributed by atoms with Crippen LogP contribution in [0.1, 0.15) is 25.5 Å². The van der Waals surface area contributed by atoms with Gasteiger partial charge in [-0.3, -0.25) is 4.79 Å². The topological polar surface area (TPSA) is 54.0 Å². The minimum Gasteiger partial charge on any atom is -0.309 e. The molecule has 0 spiro atoms. The Kier molecular flexibility index (Phi) is 3.74. The number of carbonyl (C=O) groups excluding carboxylic acids is 1. The van der Waals surface area contributed by atoms with Crippen molar-refractivity contribution in [2.24, 2.45) is 5.92 Å². The van der Waals surface area contributed by atoms with Gasteiger partial charge in [0.05, 0.1) is 6.04 Å². The second kappa shape index (κ2) is 5.27. The normalized spacial score (nSPS) is 24.4. The Morgan fingerprint density at radius 2 is 2.35 bits per heavy atom. The van der Waals surface area contributed by atoms with Crippen molar-refractivity contribution in [2.45, 2.75) is 32.7 Å². The quantitative estimate of drug-likeness (QED) is 0.817. The van der Waals surface area contributed by atoms with Crippen LogP contribution in [0.2, 0.25) is 0 Å². The molecule has 1 amide bonds. The number of rotatable bonds is 2. The summed E-state index contributed by atoms with van der Waals surface area (Å²) in [7, 11) is 0. The molecule has 1 aromatic rings. The van der Waals surface area contributed by atoms with Gasteiger partial charge in [0, 0.05) is 5.69 Å². The maximum Gasteiger partial charge on any atom is 0.242 e. The zero-order valence-electron chi connectivity index (χ0n) is 10.4. The Morgan fingerprint density at radius 3 is 3.06 bits per heavy atom. The van der Waals surface area contributed by atoms with Gasteiger partial charge < -0.3 is 10.6 Å². The molecule has 0 aliphatic carbocycles. The number of anilines is 1. The van der Waals surface area contributed by atoms with Gasteiger partial charge in [0.25, 0.3) is 0 Å². The van der Waals surface area contributed by atoms with Crippen LogP contribution < -0.4 is 10.6 Å². The van der Waals surface area contributed by atoms with Crippen molar-refractivity contribution in [3.05, 3.63) is 23.9 Å². The molecule has 2 N–H and O–H groups in total. The van der Waals surface area contributed by atoms with Crippen LogP contribution in [0.15, 0.2) is 18.2 Å². The van der Waals surface area contributed by atoms with Crippen molar-refractivity contribution in [3.63, 3.8) is 0 Å². The molecule has 17 heavy (non-hydrogen) atoms. The predicted octanol–water partition coefficient (Wildman–Crippen LogP) is 1.72. The number of carbonyl (C=O) groups is 1. The van der Waals surface area contributed by atoms with Crippen molar-refractivity contribution < 1.29 is 4.79 Å². The largest absolute Gasteiger partial charge is 0.309 e. The van der Waals surface area contributed by atoms with Gasteiger partial charge in [-0.1, -0.05) is 13.0 Å². The molecule has 92 valence electrons. The predicted molar refractivity (Wildman–Crippen MR) is 67.8 cm³/mol. The SMILES string of the molecule is Cc1cccc(NC(=O)C2CC(C)CCN2)n1. The summed E-state index contributed by atoms with van der Waals surface area (Å²) >= 11 is 0. The van der Waals surface area contributed by atoms with E-state index in [1.807, 2.05) is 25.1 Å². The van der Waals surface area contributed by atoms with Gasteiger partial charge in [0.15, 0.2) is 0 Å². The summed E-state index contributed by atoms with van der Waals surface area (Å²) < 4.78 is 0. The van der Waals surface area contributed by atoms with E-state index in [9.17, 15) is 4.79 Å². The molecule has 4 heteroatoms. The van der Waals surface area contributed by atoms with E-state index in [2.05, 4.69) is 22.5 Å². The summed E-state index contributed by atoms with van der Waals surface area (Å²) in [5.41, 5.74) is 0.910. The maximum atomic E-state index is 12.0. The number of pyridine rings is 1. The first-order valence-corrected chi connectivity index (χ1v) is 6.13. The van der Waals surface area contributed by atoms with Crippen LogP contribution in [-0.2, 0) is 4.79 Å². The maximum absolute atomic E-state index is 12.0. The lowest BCUT2D eigenvalue weighted by Crippen LogP contribution is -2.45. The lowest BCUT2D eigenvalue weighted by atomic mass is 9.94. The first-order chi connectivity index (χ1) is 8.15. The van der Waals surface area contributed by atoms with E-state index in [0.717, 1.165) is 25.1 Å². The first kappa shape index (κ1) is 12.0. The second-order valence-corrected chi connectivity index (χ2v) is 4.79. The number of hydrogen-bond acceptors (Lipinski definition) is 3. The molecule has 1 saturated heterocycles.